The van der Waals surface area contributed by atoms with Crippen LogP contribution in [0.25, 0.3) is 0 Å². The lowest BCUT2D eigenvalue weighted by Gasteiger charge is -2.35. The number of allylic oxidation sites excluding steroid dienone is 4. The Kier molecular flexibility index (Phi) is 8.99. The molecule has 1 aliphatic carbocycles. The first-order chi connectivity index (χ1) is 15.2. The zero-order valence-corrected chi connectivity index (χ0v) is 19.8. The van der Waals surface area contributed by atoms with E-state index in [9.17, 15) is 18.0 Å². The van der Waals surface area contributed by atoms with Crippen molar-refractivity contribution in [1.82, 2.24) is 5.32 Å². The van der Waals surface area contributed by atoms with E-state index >= 15 is 0 Å². The van der Waals surface area contributed by atoms with Crippen LogP contribution >= 0.6 is 0 Å². The van der Waals surface area contributed by atoms with Crippen LogP contribution in [-0.4, -0.2) is 58.7 Å². The molecule has 0 radical (unpaired) electrons. The summed E-state index contributed by atoms with van der Waals surface area (Å²) in [6, 6.07) is 0. The van der Waals surface area contributed by atoms with Crippen molar-refractivity contribution in [2.45, 2.75) is 39.7 Å². The van der Waals surface area contributed by atoms with E-state index in [0.29, 0.717) is 41.9 Å². The molecule has 0 fully saturated rings. The number of methoxy groups -OCH3 is 2. The monoisotopic (exact) mass is 466 g/mol. The van der Waals surface area contributed by atoms with Gasteiger partial charge in [0.05, 0.1) is 31.3 Å². The maximum atomic E-state index is 12.8. The summed E-state index contributed by atoms with van der Waals surface area (Å²) in [6.45, 7) is 5.86. The van der Waals surface area contributed by atoms with Gasteiger partial charge in [0.2, 0.25) is 10.3 Å². The minimum atomic E-state index is -2.58. The molecular formula is C22H30N2O7S. The summed E-state index contributed by atoms with van der Waals surface area (Å²) in [4.78, 5) is 25.6. The van der Waals surface area contributed by atoms with Crippen LogP contribution in [0, 0.1) is 5.92 Å². The van der Waals surface area contributed by atoms with Crippen LogP contribution in [-0.2, 0) is 34.1 Å². The maximum absolute atomic E-state index is 12.8. The number of ether oxygens (including phenoxy) is 3. The topological polar surface area (TPSA) is 134 Å². The summed E-state index contributed by atoms with van der Waals surface area (Å²) < 4.78 is 40.1. The van der Waals surface area contributed by atoms with Gasteiger partial charge in [-0.2, -0.15) is 8.42 Å². The van der Waals surface area contributed by atoms with Crippen molar-refractivity contribution in [2.75, 3.05) is 27.4 Å². The van der Waals surface area contributed by atoms with Gasteiger partial charge in [-0.3, -0.25) is 0 Å². The zero-order valence-electron chi connectivity index (χ0n) is 19.0. The zero-order chi connectivity index (χ0) is 24.0. The Labute approximate surface area is 189 Å². The van der Waals surface area contributed by atoms with E-state index in [1.165, 1.54) is 20.3 Å². The molecule has 0 aromatic carbocycles. The van der Waals surface area contributed by atoms with E-state index in [-0.39, 0.29) is 22.6 Å². The highest BCUT2D eigenvalue weighted by Gasteiger charge is 2.43. The lowest BCUT2D eigenvalue weighted by Crippen LogP contribution is -2.40. The highest BCUT2D eigenvalue weighted by Crippen LogP contribution is 2.40. The predicted molar refractivity (Wildman–Crippen MR) is 120 cm³/mol. The average molecular weight is 467 g/mol. The van der Waals surface area contributed by atoms with Gasteiger partial charge in [-0.25, -0.2) is 9.59 Å². The van der Waals surface area contributed by atoms with Gasteiger partial charge in [-0.1, -0.05) is 6.08 Å². The SMILES string of the molecule is COC(=O)C1=C(C)NC(C)=C(C(=O)OC)C1C1=CC(C)=CC(=S(=O)=O)C1OCCCCN. The molecule has 0 spiro atoms. The first kappa shape index (κ1) is 25.6. The summed E-state index contributed by atoms with van der Waals surface area (Å²) in [7, 11) is -0.0921. The fourth-order valence-corrected chi connectivity index (χ4v) is 4.59. The van der Waals surface area contributed by atoms with Crippen LogP contribution in [0.1, 0.15) is 33.6 Å². The van der Waals surface area contributed by atoms with Gasteiger partial charge in [0, 0.05) is 18.0 Å². The summed E-state index contributed by atoms with van der Waals surface area (Å²) in [5.74, 6) is -2.21. The third kappa shape index (κ3) is 5.37. The Morgan fingerprint density at radius 1 is 1.00 bits per heavy atom. The van der Waals surface area contributed by atoms with Gasteiger partial charge in [-0.15, -0.1) is 0 Å². The second kappa shape index (κ2) is 11.3. The second-order valence-corrected chi connectivity index (χ2v) is 8.48. The first-order valence-electron chi connectivity index (χ1n) is 10.2. The minimum Gasteiger partial charge on any atom is -0.466 e. The number of rotatable bonds is 8. The highest BCUT2D eigenvalue weighted by atomic mass is 32.2. The van der Waals surface area contributed by atoms with Gasteiger partial charge >= 0.3 is 11.9 Å². The number of hydrogen-bond donors (Lipinski definition) is 2. The van der Waals surface area contributed by atoms with Crippen LogP contribution in [0.2, 0.25) is 0 Å². The highest BCUT2D eigenvalue weighted by molar-refractivity contribution is 7.73. The Balaban J connectivity index is 2.74. The molecule has 1 unspecified atom stereocenters. The van der Waals surface area contributed by atoms with E-state index in [1.54, 1.807) is 26.8 Å². The largest absolute Gasteiger partial charge is 0.466 e. The molecular weight excluding hydrogens is 436 g/mol. The van der Waals surface area contributed by atoms with Crippen molar-refractivity contribution in [3.8, 4) is 0 Å². The standard InChI is InChI=1S/C22H30N2O7S/c1-12-10-15(20(16(11-12)32(27)28)31-9-7-6-8-23)19-17(21(25)29-4)13(2)24-14(3)18(19)22(26)30-5/h10-11,19-20,24H,6-9,23H2,1-5H3. The fraction of sp³-hybridized carbons (Fsp3) is 0.500. The van der Waals surface area contributed by atoms with E-state index in [1.807, 2.05) is 0 Å². The van der Waals surface area contributed by atoms with Crippen LogP contribution < -0.4 is 11.1 Å². The Morgan fingerprint density at radius 3 is 2.03 bits per heavy atom. The van der Waals surface area contributed by atoms with Gasteiger partial charge in [-0.05, 0) is 57.4 Å². The normalized spacial score (nSPS) is 19.3. The summed E-state index contributed by atoms with van der Waals surface area (Å²) in [6.07, 6.45) is 3.61. The Bertz CT molecular complexity index is 1000. The molecule has 1 atom stereocenters. The number of nitrogens with two attached hydrogens (primary N) is 1. The van der Waals surface area contributed by atoms with Gasteiger partial charge in [0.25, 0.3) is 0 Å². The number of carbonyl (C=O) groups excluding carboxylic acids is 2. The molecule has 1 heterocycles. The summed E-state index contributed by atoms with van der Waals surface area (Å²) >= 11 is 0. The molecule has 0 saturated carbocycles. The van der Waals surface area contributed by atoms with Crippen molar-refractivity contribution in [2.24, 2.45) is 11.7 Å². The molecule has 9 nitrogen and oxygen atoms in total. The second-order valence-electron chi connectivity index (χ2n) is 7.53. The van der Waals surface area contributed by atoms with Crippen molar-refractivity contribution < 1.29 is 32.2 Å². The van der Waals surface area contributed by atoms with E-state index in [4.69, 9.17) is 19.9 Å². The van der Waals surface area contributed by atoms with Crippen molar-refractivity contribution in [3.05, 3.63) is 45.8 Å². The predicted octanol–water partition coefficient (Wildman–Crippen LogP) is 1.16. The van der Waals surface area contributed by atoms with Crippen molar-refractivity contribution in [3.63, 3.8) is 0 Å². The molecule has 0 bridgehead atoms. The molecule has 0 aromatic heterocycles. The van der Waals surface area contributed by atoms with E-state index < -0.39 is 34.3 Å². The Hall–Kier alpha value is -2.69. The fourth-order valence-electron chi connectivity index (χ4n) is 3.93. The molecule has 2 rings (SSSR count). The molecule has 0 saturated heterocycles. The Morgan fingerprint density at radius 2 is 1.56 bits per heavy atom. The lowest BCUT2D eigenvalue weighted by atomic mass is 9.75. The third-order valence-corrected chi connectivity index (χ3v) is 6.02. The molecule has 1 aliphatic heterocycles. The molecule has 10 heteroatoms. The number of esters is 2. The summed E-state index contributed by atoms with van der Waals surface area (Å²) in [5, 5.41) is 3.03. The van der Waals surface area contributed by atoms with Crippen LogP contribution in [0.4, 0.5) is 0 Å². The molecule has 32 heavy (non-hydrogen) atoms. The maximum Gasteiger partial charge on any atom is 0.336 e. The number of nitrogens with one attached hydrogen (secondary N) is 1. The summed E-state index contributed by atoms with van der Waals surface area (Å²) in [5.41, 5.74) is 7.99. The van der Waals surface area contributed by atoms with Gasteiger partial charge < -0.3 is 25.3 Å². The van der Waals surface area contributed by atoms with Crippen LogP contribution in [0.3, 0.4) is 0 Å². The average Bonchev–Trinajstić information content (AvgIpc) is 2.75. The van der Waals surface area contributed by atoms with Crippen LogP contribution in [0.5, 0.6) is 0 Å². The van der Waals surface area contributed by atoms with E-state index in [0.717, 1.165) is 0 Å². The smallest absolute Gasteiger partial charge is 0.336 e. The lowest BCUT2D eigenvalue weighted by molar-refractivity contribution is -0.137. The van der Waals surface area contributed by atoms with Gasteiger partial charge in [0.1, 0.15) is 11.0 Å². The molecule has 3 N–H and O–H groups in total. The molecule has 0 amide bonds. The van der Waals surface area contributed by atoms with E-state index in [2.05, 4.69) is 5.32 Å². The molecule has 0 aromatic rings. The van der Waals surface area contributed by atoms with Gasteiger partial charge in [0.15, 0.2) is 0 Å². The first-order valence-corrected chi connectivity index (χ1v) is 11.3. The van der Waals surface area contributed by atoms with Crippen molar-refractivity contribution in [1.29, 1.82) is 0 Å². The van der Waals surface area contributed by atoms with Crippen LogP contribution in [0.15, 0.2) is 45.8 Å². The number of dihydropyridines is 1. The third-order valence-electron chi connectivity index (χ3n) is 5.31. The number of unbranched alkanes of at least 4 members (excludes halogenated alkanes) is 1. The molecule has 176 valence electrons. The number of hydrogen-bond acceptors (Lipinski definition) is 9. The minimum absolute atomic E-state index is 0.0232. The molecule has 2 aliphatic rings. The number of carbonyl (C=O) groups is 2. The van der Waals surface area contributed by atoms with Crippen molar-refractivity contribution >= 4 is 27.1 Å². The quantitative estimate of drug-likeness (QED) is 0.307.